The third-order valence-corrected chi connectivity index (χ3v) is 2.85. The van der Waals surface area contributed by atoms with Crippen LogP contribution in [-0.2, 0) is 0 Å². The van der Waals surface area contributed by atoms with Gasteiger partial charge in [-0.15, -0.1) is 0 Å². The average molecular weight is 267 g/mol. The van der Waals surface area contributed by atoms with Crippen LogP contribution in [0.3, 0.4) is 0 Å². The van der Waals surface area contributed by atoms with Crippen LogP contribution in [0.15, 0.2) is 24.6 Å². The van der Waals surface area contributed by atoms with Crippen LogP contribution in [0.1, 0.15) is 12.5 Å². The molecule has 2 heterocycles. The van der Waals surface area contributed by atoms with E-state index in [0.717, 1.165) is 0 Å². The van der Waals surface area contributed by atoms with E-state index in [-0.39, 0.29) is 24.4 Å². The van der Waals surface area contributed by atoms with Crippen LogP contribution in [0.5, 0.6) is 0 Å². The molecule has 0 radical (unpaired) electrons. The maximum atomic E-state index is 12.5. The van der Waals surface area contributed by atoms with Crippen molar-refractivity contribution in [2.75, 3.05) is 18.9 Å². The van der Waals surface area contributed by atoms with Crippen molar-refractivity contribution in [2.24, 2.45) is 0 Å². The Hall–Kier alpha value is -2.06. The summed E-state index contributed by atoms with van der Waals surface area (Å²) in [6.07, 6.45) is 3.25. The second kappa shape index (κ2) is 5.72. The lowest BCUT2D eigenvalue weighted by Crippen LogP contribution is -2.15. The average Bonchev–Trinajstić information content (AvgIpc) is 2.86. The molecule has 0 aliphatic rings. The van der Waals surface area contributed by atoms with Gasteiger partial charge in [-0.05, 0) is 12.0 Å². The molecule has 0 bridgehead atoms. The molecule has 0 aromatic carbocycles. The van der Waals surface area contributed by atoms with E-state index in [2.05, 4.69) is 15.0 Å². The van der Waals surface area contributed by atoms with Gasteiger partial charge in [0.2, 0.25) is 0 Å². The van der Waals surface area contributed by atoms with Crippen LogP contribution in [0.25, 0.3) is 11.2 Å². The molecule has 19 heavy (non-hydrogen) atoms. The standard InChI is InChI=1S/C11H14FN5O2/c12-2-7(3-18)1-8(4-19)17-6-16-9-10(13)14-5-15-11(9)17/h2,5-6,8,18-19H,1,3-4H2,(H2,13,14,15). The maximum Gasteiger partial charge on any atom is 0.165 e. The second-order valence-corrected chi connectivity index (χ2v) is 4.05. The van der Waals surface area contributed by atoms with Crippen molar-refractivity contribution >= 4 is 17.0 Å². The predicted octanol–water partition coefficient (Wildman–Crippen LogP) is 0.178. The Morgan fingerprint density at radius 3 is 2.84 bits per heavy atom. The smallest absolute Gasteiger partial charge is 0.165 e. The molecule has 0 amide bonds. The fourth-order valence-corrected chi connectivity index (χ4v) is 1.83. The molecular formula is C11H14FN5O2. The second-order valence-electron chi connectivity index (χ2n) is 4.05. The van der Waals surface area contributed by atoms with Gasteiger partial charge >= 0.3 is 0 Å². The minimum absolute atomic E-state index is 0.152. The third-order valence-electron chi connectivity index (χ3n) is 2.85. The Morgan fingerprint density at radius 2 is 2.21 bits per heavy atom. The highest BCUT2D eigenvalue weighted by atomic mass is 19.1. The fourth-order valence-electron chi connectivity index (χ4n) is 1.83. The fraction of sp³-hybridized carbons (Fsp3) is 0.364. The molecule has 1 atom stereocenters. The monoisotopic (exact) mass is 267 g/mol. The van der Waals surface area contributed by atoms with E-state index in [1.165, 1.54) is 12.7 Å². The van der Waals surface area contributed by atoms with E-state index >= 15 is 0 Å². The number of aliphatic hydroxyl groups excluding tert-OH is 2. The van der Waals surface area contributed by atoms with Crippen LogP contribution in [0.4, 0.5) is 10.2 Å². The first-order valence-corrected chi connectivity index (χ1v) is 5.64. The molecule has 2 rings (SSSR count). The van der Waals surface area contributed by atoms with Crippen molar-refractivity contribution < 1.29 is 14.6 Å². The van der Waals surface area contributed by atoms with Crippen molar-refractivity contribution in [2.45, 2.75) is 12.5 Å². The number of aromatic nitrogens is 4. The summed E-state index contributed by atoms with van der Waals surface area (Å²) in [5.74, 6) is 0.240. The zero-order valence-electron chi connectivity index (χ0n) is 10.1. The zero-order chi connectivity index (χ0) is 13.8. The molecule has 1 unspecified atom stereocenters. The number of aliphatic hydroxyl groups is 2. The summed E-state index contributed by atoms with van der Waals surface area (Å²) in [4.78, 5) is 11.9. The lowest BCUT2D eigenvalue weighted by Gasteiger charge is -2.16. The zero-order valence-corrected chi connectivity index (χ0v) is 10.1. The number of rotatable bonds is 5. The number of nitrogens with two attached hydrogens (primary N) is 1. The van der Waals surface area contributed by atoms with Gasteiger partial charge in [-0.25, -0.2) is 19.3 Å². The van der Waals surface area contributed by atoms with Gasteiger partial charge < -0.3 is 20.5 Å². The molecule has 0 saturated carbocycles. The van der Waals surface area contributed by atoms with Crippen molar-refractivity contribution in [1.29, 1.82) is 0 Å². The minimum atomic E-state index is -0.478. The summed E-state index contributed by atoms with van der Waals surface area (Å²) in [5.41, 5.74) is 6.73. The Kier molecular flexibility index (Phi) is 4.03. The summed E-state index contributed by atoms with van der Waals surface area (Å²) >= 11 is 0. The molecule has 4 N–H and O–H groups in total. The Balaban J connectivity index is 2.39. The summed E-state index contributed by atoms with van der Waals surface area (Å²) in [6, 6.07) is -0.478. The van der Waals surface area contributed by atoms with Crippen LogP contribution in [-0.4, -0.2) is 42.9 Å². The largest absolute Gasteiger partial charge is 0.394 e. The molecule has 0 aliphatic heterocycles. The highest BCUT2D eigenvalue weighted by Crippen LogP contribution is 2.23. The number of hydrogen-bond donors (Lipinski definition) is 3. The van der Waals surface area contributed by atoms with Gasteiger partial charge in [-0.3, -0.25) is 0 Å². The first-order chi connectivity index (χ1) is 9.21. The normalized spacial score (nSPS) is 13.9. The molecular weight excluding hydrogens is 253 g/mol. The first kappa shape index (κ1) is 13.4. The first-order valence-electron chi connectivity index (χ1n) is 5.64. The van der Waals surface area contributed by atoms with Gasteiger partial charge in [0.15, 0.2) is 11.5 Å². The molecule has 0 spiro atoms. The van der Waals surface area contributed by atoms with Gasteiger partial charge in [0.25, 0.3) is 0 Å². The molecule has 0 saturated heterocycles. The molecule has 0 fully saturated rings. The number of halogens is 1. The molecule has 2 aromatic rings. The summed E-state index contributed by atoms with van der Waals surface area (Å²) in [5, 5.41) is 18.4. The van der Waals surface area contributed by atoms with E-state index < -0.39 is 12.6 Å². The highest BCUT2D eigenvalue weighted by molar-refractivity contribution is 5.81. The van der Waals surface area contributed by atoms with Gasteiger partial charge in [-0.2, -0.15) is 0 Å². The molecule has 0 aliphatic carbocycles. The van der Waals surface area contributed by atoms with Crippen LogP contribution >= 0.6 is 0 Å². The number of nitrogens with zero attached hydrogens (tertiary/aromatic N) is 4. The van der Waals surface area contributed by atoms with Gasteiger partial charge in [0, 0.05) is 0 Å². The Bertz CT molecular complexity index is 598. The topological polar surface area (TPSA) is 110 Å². The lowest BCUT2D eigenvalue weighted by molar-refractivity contribution is 0.223. The molecule has 2 aromatic heterocycles. The van der Waals surface area contributed by atoms with Crippen LogP contribution in [0.2, 0.25) is 0 Å². The SMILES string of the molecule is Nc1ncnc2c1ncn2C(CO)CC(=CF)CO. The van der Waals surface area contributed by atoms with E-state index in [0.29, 0.717) is 17.5 Å². The van der Waals surface area contributed by atoms with Gasteiger partial charge in [-0.1, -0.05) is 0 Å². The van der Waals surface area contributed by atoms with Crippen molar-refractivity contribution in [3.05, 3.63) is 24.6 Å². The lowest BCUT2D eigenvalue weighted by atomic mass is 10.1. The minimum Gasteiger partial charge on any atom is -0.394 e. The highest BCUT2D eigenvalue weighted by Gasteiger charge is 2.17. The number of anilines is 1. The number of nitrogen functional groups attached to an aromatic ring is 1. The molecule has 7 nitrogen and oxygen atoms in total. The van der Waals surface area contributed by atoms with Gasteiger partial charge in [0.05, 0.1) is 31.9 Å². The Labute approximate surface area is 108 Å². The summed E-state index contributed by atoms with van der Waals surface area (Å²) in [7, 11) is 0. The van der Waals surface area contributed by atoms with E-state index in [9.17, 15) is 9.50 Å². The quantitative estimate of drug-likeness (QED) is 0.712. The van der Waals surface area contributed by atoms with Crippen molar-refractivity contribution in [1.82, 2.24) is 19.5 Å². The Morgan fingerprint density at radius 1 is 1.42 bits per heavy atom. The van der Waals surface area contributed by atoms with Crippen molar-refractivity contribution in [3.8, 4) is 0 Å². The number of imidazole rings is 1. The van der Waals surface area contributed by atoms with E-state index in [4.69, 9.17) is 10.8 Å². The van der Waals surface area contributed by atoms with Crippen LogP contribution in [0, 0.1) is 0 Å². The van der Waals surface area contributed by atoms with Gasteiger partial charge in [0.1, 0.15) is 11.8 Å². The number of hydrogen-bond acceptors (Lipinski definition) is 6. The van der Waals surface area contributed by atoms with E-state index in [1.807, 2.05) is 0 Å². The molecule has 8 heteroatoms. The third kappa shape index (κ3) is 2.54. The summed E-state index contributed by atoms with van der Waals surface area (Å²) in [6.45, 7) is -0.649. The van der Waals surface area contributed by atoms with Crippen molar-refractivity contribution in [3.63, 3.8) is 0 Å². The predicted molar refractivity (Wildman–Crippen MR) is 66.8 cm³/mol. The van der Waals surface area contributed by atoms with E-state index in [1.54, 1.807) is 4.57 Å². The summed E-state index contributed by atoms with van der Waals surface area (Å²) < 4.78 is 14.1. The molecule has 102 valence electrons. The number of fused-ring (bicyclic) bond motifs is 1. The maximum absolute atomic E-state index is 12.5. The van der Waals surface area contributed by atoms with Crippen LogP contribution < -0.4 is 5.73 Å².